The number of aromatic nitrogens is 3. The predicted molar refractivity (Wildman–Crippen MR) is 105 cm³/mol. The third-order valence-electron chi connectivity index (χ3n) is 4.35. The van der Waals surface area contributed by atoms with Crippen molar-refractivity contribution in [1.82, 2.24) is 14.6 Å². The molecule has 1 N–H and O–H groups in total. The van der Waals surface area contributed by atoms with Gasteiger partial charge in [-0.1, -0.05) is 27.3 Å². The van der Waals surface area contributed by atoms with Crippen LogP contribution in [0.2, 0.25) is 0 Å². The van der Waals surface area contributed by atoms with Crippen LogP contribution in [-0.4, -0.2) is 33.1 Å². The first-order chi connectivity index (χ1) is 12.9. The lowest BCUT2D eigenvalue weighted by Gasteiger charge is -2.22. The molecule has 3 heterocycles. The van der Waals surface area contributed by atoms with Crippen molar-refractivity contribution in [3.63, 3.8) is 0 Å². The van der Waals surface area contributed by atoms with E-state index in [1.807, 2.05) is 4.90 Å². The molecule has 4 rings (SSSR count). The SMILES string of the molecule is Cc1cc(=O)n2nc(N3CCC[C@H]3C(=O)Nc3ccc(Br)cc3F)sc2n1. The van der Waals surface area contributed by atoms with Crippen molar-refractivity contribution in [3.05, 3.63) is 50.6 Å². The largest absolute Gasteiger partial charge is 0.335 e. The van der Waals surface area contributed by atoms with Gasteiger partial charge in [-0.25, -0.2) is 9.37 Å². The second-order valence-electron chi connectivity index (χ2n) is 6.28. The molecule has 0 saturated carbocycles. The summed E-state index contributed by atoms with van der Waals surface area (Å²) in [5.74, 6) is -0.807. The molecule has 1 fully saturated rings. The van der Waals surface area contributed by atoms with Crippen molar-refractivity contribution in [2.45, 2.75) is 25.8 Å². The first kappa shape index (κ1) is 18.1. The maximum Gasteiger partial charge on any atom is 0.275 e. The molecule has 140 valence electrons. The smallest absolute Gasteiger partial charge is 0.275 e. The Bertz CT molecular complexity index is 1100. The Kier molecular flexibility index (Phi) is 4.68. The number of rotatable bonds is 3. The Hall–Kier alpha value is -2.33. The van der Waals surface area contributed by atoms with Crippen LogP contribution in [0.1, 0.15) is 18.5 Å². The van der Waals surface area contributed by atoms with E-state index in [4.69, 9.17) is 0 Å². The van der Waals surface area contributed by atoms with Crippen LogP contribution in [-0.2, 0) is 4.79 Å². The molecule has 2 aromatic heterocycles. The molecule has 1 saturated heterocycles. The summed E-state index contributed by atoms with van der Waals surface area (Å²) in [4.78, 5) is 31.5. The van der Waals surface area contributed by atoms with Crippen LogP contribution >= 0.6 is 27.3 Å². The van der Waals surface area contributed by atoms with Gasteiger partial charge in [0.15, 0.2) is 0 Å². The van der Waals surface area contributed by atoms with Gasteiger partial charge in [0.05, 0.1) is 5.69 Å². The van der Waals surface area contributed by atoms with Gasteiger partial charge in [-0.3, -0.25) is 9.59 Å². The van der Waals surface area contributed by atoms with Crippen LogP contribution < -0.4 is 15.8 Å². The third kappa shape index (κ3) is 3.46. The highest BCUT2D eigenvalue weighted by Crippen LogP contribution is 2.30. The zero-order valence-electron chi connectivity index (χ0n) is 14.3. The van der Waals surface area contributed by atoms with Gasteiger partial charge in [-0.15, -0.1) is 5.10 Å². The summed E-state index contributed by atoms with van der Waals surface area (Å²) >= 11 is 4.46. The second kappa shape index (κ2) is 7.01. The van der Waals surface area contributed by atoms with Crippen LogP contribution in [0.3, 0.4) is 0 Å². The minimum atomic E-state index is -0.506. The number of hydrogen-bond donors (Lipinski definition) is 1. The number of carbonyl (C=O) groups excluding carboxylic acids is 1. The highest BCUT2D eigenvalue weighted by Gasteiger charge is 2.33. The molecule has 3 aromatic rings. The standard InChI is InChI=1S/C17H15BrFN5O2S/c1-9-7-14(25)24-16(20-9)27-17(22-24)23-6-2-3-13(23)15(26)21-12-5-4-10(18)8-11(12)19/h4-5,7-8,13H,2-3,6H2,1H3,(H,21,26)/t13-/m0/s1. The number of carbonyl (C=O) groups is 1. The fraction of sp³-hybridized carbons (Fsp3) is 0.294. The number of nitrogens with one attached hydrogen (secondary N) is 1. The van der Waals surface area contributed by atoms with E-state index in [0.717, 1.165) is 6.42 Å². The molecule has 27 heavy (non-hydrogen) atoms. The molecular formula is C17H15BrFN5O2S. The summed E-state index contributed by atoms with van der Waals surface area (Å²) in [6.45, 7) is 2.38. The van der Waals surface area contributed by atoms with Crippen molar-refractivity contribution in [3.8, 4) is 0 Å². The van der Waals surface area contributed by atoms with Crippen LogP contribution in [0.4, 0.5) is 15.2 Å². The number of hydrogen-bond acceptors (Lipinski definition) is 6. The van der Waals surface area contributed by atoms with Crippen LogP contribution in [0.15, 0.2) is 33.5 Å². The van der Waals surface area contributed by atoms with Crippen LogP contribution in [0.25, 0.3) is 4.96 Å². The van der Waals surface area contributed by atoms with E-state index in [1.165, 1.54) is 34.1 Å². The molecule has 0 spiro atoms. The van der Waals surface area contributed by atoms with E-state index in [0.29, 0.717) is 33.2 Å². The van der Waals surface area contributed by atoms with Crippen LogP contribution in [0, 0.1) is 12.7 Å². The van der Waals surface area contributed by atoms with Crippen molar-refractivity contribution in [2.75, 3.05) is 16.8 Å². The molecule has 0 radical (unpaired) electrons. The number of amides is 1. The predicted octanol–water partition coefficient (Wildman–Crippen LogP) is 2.97. The Morgan fingerprint density at radius 2 is 2.22 bits per heavy atom. The summed E-state index contributed by atoms with van der Waals surface area (Å²) in [6.07, 6.45) is 1.43. The number of halogens is 2. The monoisotopic (exact) mass is 451 g/mol. The molecule has 1 atom stereocenters. The van der Waals surface area contributed by atoms with Gasteiger partial charge in [0.1, 0.15) is 11.9 Å². The van der Waals surface area contributed by atoms with E-state index >= 15 is 0 Å². The molecule has 0 unspecified atom stereocenters. The van der Waals surface area contributed by atoms with Crippen molar-refractivity contribution in [2.24, 2.45) is 0 Å². The topological polar surface area (TPSA) is 79.6 Å². The average molecular weight is 452 g/mol. The quantitative estimate of drug-likeness (QED) is 0.661. The molecule has 1 aliphatic heterocycles. The number of benzene rings is 1. The molecule has 1 aromatic carbocycles. The zero-order valence-corrected chi connectivity index (χ0v) is 16.7. The van der Waals surface area contributed by atoms with E-state index in [-0.39, 0.29) is 17.2 Å². The normalized spacial score (nSPS) is 16.9. The fourth-order valence-corrected chi connectivity index (χ4v) is 4.46. The van der Waals surface area contributed by atoms with Crippen molar-refractivity contribution in [1.29, 1.82) is 0 Å². The van der Waals surface area contributed by atoms with Gasteiger partial charge in [-0.2, -0.15) is 4.52 Å². The van der Waals surface area contributed by atoms with Gasteiger partial charge in [0.25, 0.3) is 5.56 Å². The number of aryl methyl sites for hydroxylation is 1. The molecular weight excluding hydrogens is 437 g/mol. The summed E-state index contributed by atoms with van der Waals surface area (Å²) < 4.78 is 15.9. The Morgan fingerprint density at radius 1 is 1.41 bits per heavy atom. The summed E-state index contributed by atoms with van der Waals surface area (Å²) in [6, 6.07) is 5.42. The lowest BCUT2D eigenvalue weighted by Crippen LogP contribution is -2.40. The third-order valence-corrected chi connectivity index (χ3v) is 5.79. The first-order valence-electron chi connectivity index (χ1n) is 8.32. The van der Waals surface area contributed by atoms with Crippen LogP contribution in [0.5, 0.6) is 0 Å². The lowest BCUT2D eigenvalue weighted by molar-refractivity contribution is -0.117. The highest BCUT2D eigenvalue weighted by molar-refractivity contribution is 9.10. The Morgan fingerprint density at radius 3 is 3.00 bits per heavy atom. The molecule has 10 heteroatoms. The van der Waals surface area contributed by atoms with Gasteiger partial charge >= 0.3 is 0 Å². The van der Waals surface area contributed by atoms with E-state index < -0.39 is 11.9 Å². The Balaban J connectivity index is 1.61. The molecule has 0 bridgehead atoms. The van der Waals surface area contributed by atoms with Gasteiger partial charge in [0.2, 0.25) is 16.0 Å². The van der Waals surface area contributed by atoms with Gasteiger partial charge < -0.3 is 10.2 Å². The van der Waals surface area contributed by atoms with E-state index in [2.05, 4.69) is 31.3 Å². The maximum absolute atomic E-state index is 14.0. The second-order valence-corrected chi connectivity index (χ2v) is 8.13. The molecule has 7 nitrogen and oxygen atoms in total. The summed E-state index contributed by atoms with van der Waals surface area (Å²) in [5, 5.41) is 7.53. The first-order valence-corrected chi connectivity index (χ1v) is 9.93. The number of anilines is 2. The zero-order chi connectivity index (χ0) is 19.1. The summed E-state index contributed by atoms with van der Waals surface area (Å²) in [7, 11) is 0. The molecule has 1 aliphatic rings. The van der Waals surface area contributed by atoms with E-state index in [1.54, 1.807) is 13.0 Å². The minimum absolute atomic E-state index is 0.132. The van der Waals surface area contributed by atoms with Gasteiger partial charge in [-0.05, 0) is 38.0 Å². The minimum Gasteiger partial charge on any atom is -0.335 e. The maximum atomic E-state index is 14.0. The molecule has 1 amide bonds. The average Bonchev–Trinajstić information content (AvgIpc) is 3.23. The number of fused-ring (bicyclic) bond motifs is 1. The lowest BCUT2D eigenvalue weighted by atomic mass is 10.2. The van der Waals surface area contributed by atoms with Crippen molar-refractivity contribution >= 4 is 49.0 Å². The fourth-order valence-electron chi connectivity index (χ4n) is 3.10. The van der Waals surface area contributed by atoms with Gasteiger partial charge in [0, 0.05) is 22.8 Å². The molecule has 0 aliphatic carbocycles. The van der Waals surface area contributed by atoms with Crippen molar-refractivity contribution < 1.29 is 9.18 Å². The summed E-state index contributed by atoms with van der Waals surface area (Å²) in [5.41, 5.74) is 0.502. The Labute approximate surface area is 166 Å². The number of nitrogens with zero attached hydrogens (tertiary/aromatic N) is 4. The highest BCUT2D eigenvalue weighted by atomic mass is 79.9. The van der Waals surface area contributed by atoms with E-state index in [9.17, 15) is 14.0 Å².